The lowest BCUT2D eigenvalue weighted by atomic mass is 9.77. The van der Waals surface area contributed by atoms with Crippen molar-refractivity contribution in [2.24, 2.45) is 11.8 Å². The Kier molecular flexibility index (Phi) is 4.58. The number of hydrogen-bond acceptors (Lipinski definition) is 1. The van der Waals surface area contributed by atoms with Crippen molar-refractivity contribution in [3.8, 4) is 0 Å². The third kappa shape index (κ3) is 2.42. The summed E-state index contributed by atoms with van der Waals surface area (Å²) in [4.78, 5) is 0. The molecule has 0 aromatic rings. The molecule has 0 bridgehead atoms. The van der Waals surface area contributed by atoms with E-state index in [-0.39, 0.29) is 5.54 Å². The van der Waals surface area contributed by atoms with Crippen LogP contribution < -0.4 is 5.09 Å². The van der Waals surface area contributed by atoms with Gasteiger partial charge in [0.25, 0.3) is 0 Å². The van der Waals surface area contributed by atoms with Crippen molar-refractivity contribution in [3.05, 3.63) is 0 Å². The van der Waals surface area contributed by atoms with E-state index in [2.05, 4.69) is 49.1 Å². The third-order valence-electron chi connectivity index (χ3n) is 3.15. The van der Waals surface area contributed by atoms with Crippen LogP contribution >= 0.6 is 9.39 Å². The Hall–Kier alpha value is 0.390. The molecule has 1 nitrogen and oxygen atoms in total. The minimum Gasteiger partial charge on any atom is -0.295 e. The van der Waals surface area contributed by atoms with Gasteiger partial charge in [-0.2, -0.15) is 0 Å². The molecule has 0 saturated heterocycles. The first-order valence-corrected chi connectivity index (χ1v) is 5.04. The van der Waals surface area contributed by atoms with Crippen LogP contribution in [0.2, 0.25) is 0 Å². The normalized spacial score (nSPS) is 19.9. The first kappa shape index (κ1) is 11.4. The van der Waals surface area contributed by atoms with Crippen molar-refractivity contribution in [1.82, 2.24) is 5.09 Å². The Labute approximate surface area is 73.6 Å². The van der Waals surface area contributed by atoms with Crippen LogP contribution in [0.15, 0.2) is 0 Å². The Morgan fingerprint density at radius 1 is 1.36 bits per heavy atom. The standard InChI is InChI=1S/C9H22NP/c1-6-8(4)9(5,10-11)7(2)3/h7-8,10H,6,11H2,1-5H3. The highest BCUT2D eigenvalue weighted by atomic mass is 31.0. The molecule has 0 amide bonds. The van der Waals surface area contributed by atoms with Crippen molar-refractivity contribution < 1.29 is 0 Å². The van der Waals surface area contributed by atoms with Crippen LogP contribution in [0.4, 0.5) is 0 Å². The van der Waals surface area contributed by atoms with Gasteiger partial charge in [0, 0.05) is 5.54 Å². The van der Waals surface area contributed by atoms with Gasteiger partial charge in [0.1, 0.15) is 0 Å². The highest BCUT2D eigenvalue weighted by molar-refractivity contribution is 7.13. The van der Waals surface area contributed by atoms with E-state index in [1.165, 1.54) is 6.42 Å². The lowest BCUT2D eigenvalue weighted by molar-refractivity contribution is 0.209. The lowest BCUT2D eigenvalue weighted by Gasteiger charge is -2.38. The van der Waals surface area contributed by atoms with Crippen molar-refractivity contribution in [2.45, 2.75) is 46.6 Å². The monoisotopic (exact) mass is 175 g/mol. The van der Waals surface area contributed by atoms with Crippen LogP contribution in [-0.4, -0.2) is 5.54 Å². The molecule has 0 aliphatic heterocycles. The van der Waals surface area contributed by atoms with Gasteiger partial charge in [-0.25, -0.2) is 0 Å². The van der Waals surface area contributed by atoms with E-state index < -0.39 is 0 Å². The van der Waals surface area contributed by atoms with E-state index in [9.17, 15) is 0 Å². The Morgan fingerprint density at radius 3 is 1.91 bits per heavy atom. The fourth-order valence-corrected chi connectivity index (χ4v) is 1.92. The zero-order valence-corrected chi connectivity index (χ0v) is 9.59. The molecule has 0 heterocycles. The van der Waals surface area contributed by atoms with Crippen LogP contribution in [0.3, 0.4) is 0 Å². The summed E-state index contributed by atoms with van der Waals surface area (Å²) in [5.41, 5.74) is 0.263. The molecule has 0 aliphatic carbocycles. The maximum atomic E-state index is 3.35. The van der Waals surface area contributed by atoms with Gasteiger partial charge in [-0.05, 0) is 18.8 Å². The van der Waals surface area contributed by atoms with Gasteiger partial charge < -0.3 is 0 Å². The average molecular weight is 175 g/mol. The van der Waals surface area contributed by atoms with Crippen LogP contribution in [0, 0.1) is 11.8 Å². The van der Waals surface area contributed by atoms with E-state index in [4.69, 9.17) is 0 Å². The van der Waals surface area contributed by atoms with Crippen LogP contribution in [0.25, 0.3) is 0 Å². The van der Waals surface area contributed by atoms with E-state index in [0.717, 1.165) is 5.92 Å². The number of rotatable bonds is 4. The van der Waals surface area contributed by atoms with Gasteiger partial charge in [0.15, 0.2) is 0 Å². The van der Waals surface area contributed by atoms with Crippen molar-refractivity contribution in [2.75, 3.05) is 0 Å². The second-order valence-electron chi connectivity index (χ2n) is 3.89. The van der Waals surface area contributed by atoms with Crippen LogP contribution in [0.1, 0.15) is 41.0 Å². The van der Waals surface area contributed by atoms with Gasteiger partial charge in [-0.3, -0.25) is 5.09 Å². The molecule has 0 aromatic heterocycles. The zero-order chi connectivity index (χ0) is 9.07. The summed E-state index contributed by atoms with van der Waals surface area (Å²) in [5, 5.41) is 3.35. The molecule has 68 valence electrons. The molecule has 0 saturated carbocycles. The fraction of sp³-hybridized carbons (Fsp3) is 1.00. The molecule has 0 fully saturated rings. The summed E-state index contributed by atoms with van der Waals surface area (Å²) in [6.45, 7) is 11.4. The van der Waals surface area contributed by atoms with Crippen molar-refractivity contribution in [3.63, 3.8) is 0 Å². The van der Waals surface area contributed by atoms with Gasteiger partial charge in [-0.1, -0.05) is 43.5 Å². The summed E-state index contributed by atoms with van der Waals surface area (Å²) in [6, 6.07) is 0. The van der Waals surface area contributed by atoms with E-state index in [0.29, 0.717) is 5.92 Å². The Bertz CT molecular complexity index is 114. The summed E-state index contributed by atoms with van der Waals surface area (Å²) in [5.74, 6) is 1.40. The second-order valence-corrected chi connectivity index (χ2v) is 4.18. The summed E-state index contributed by atoms with van der Waals surface area (Å²) >= 11 is 0. The third-order valence-corrected chi connectivity index (χ3v) is 3.77. The highest BCUT2D eigenvalue weighted by Gasteiger charge is 2.31. The van der Waals surface area contributed by atoms with Crippen molar-refractivity contribution in [1.29, 1.82) is 0 Å². The fourth-order valence-electron chi connectivity index (χ4n) is 1.30. The number of nitrogens with one attached hydrogen (secondary N) is 1. The largest absolute Gasteiger partial charge is 0.295 e. The van der Waals surface area contributed by atoms with E-state index in [1.54, 1.807) is 0 Å². The highest BCUT2D eigenvalue weighted by Crippen LogP contribution is 2.28. The number of hydrogen-bond donors (Lipinski definition) is 1. The Morgan fingerprint density at radius 2 is 1.82 bits per heavy atom. The predicted octanol–water partition coefficient (Wildman–Crippen LogP) is 2.83. The average Bonchev–Trinajstić information content (AvgIpc) is 2.01. The maximum Gasteiger partial charge on any atom is 0.0233 e. The quantitative estimate of drug-likeness (QED) is 0.648. The maximum absolute atomic E-state index is 3.35. The molecule has 0 spiro atoms. The molecule has 0 radical (unpaired) electrons. The SMILES string of the molecule is CCC(C)C(C)(NP)C(C)C. The first-order valence-electron chi connectivity index (χ1n) is 4.46. The molecular weight excluding hydrogens is 153 g/mol. The van der Waals surface area contributed by atoms with Crippen LogP contribution in [-0.2, 0) is 0 Å². The van der Waals surface area contributed by atoms with Crippen molar-refractivity contribution >= 4 is 9.39 Å². The zero-order valence-electron chi connectivity index (χ0n) is 8.44. The molecule has 0 aromatic carbocycles. The predicted molar refractivity (Wildman–Crippen MR) is 55.5 cm³/mol. The van der Waals surface area contributed by atoms with E-state index >= 15 is 0 Å². The molecule has 11 heavy (non-hydrogen) atoms. The smallest absolute Gasteiger partial charge is 0.0233 e. The second kappa shape index (κ2) is 4.42. The molecule has 2 heteroatoms. The van der Waals surface area contributed by atoms with Gasteiger partial charge >= 0.3 is 0 Å². The van der Waals surface area contributed by atoms with E-state index in [1.807, 2.05) is 0 Å². The van der Waals surface area contributed by atoms with Gasteiger partial charge in [0.05, 0.1) is 0 Å². The summed E-state index contributed by atoms with van der Waals surface area (Å²) in [6.07, 6.45) is 1.23. The molecule has 3 unspecified atom stereocenters. The Balaban J connectivity index is 4.32. The molecule has 1 N–H and O–H groups in total. The van der Waals surface area contributed by atoms with Gasteiger partial charge in [0.2, 0.25) is 0 Å². The summed E-state index contributed by atoms with van der Waals surface area (Å²) < 4.78 is 0. The van der Waals surface area contributed by atoms with Gasteiger partial charge in [-0.15, -0.1) is 0 Å². The minimum atomic E-state index is 0.263. The lowest BCUT2D eigenvalue weighted by Crippen LogP contribution is -2.47. The topological polar surface area (TPSA) is 12.0 Å². The molecular formula is C9H22NP. The molecule has 3 atom stereocenters. The molecule has 0 aliphatic rings. The summed E-state index contributed by atoms with van der Waals surface area (Å²) in [7, 11) is 2.64. The van der Waals surface area contributed by atoms with Crippen LogP contribution in [0.5, 0.6) is 0 Å². The minimum absolute atomic E-state index is 0.263. The first-order chi connectivity index (χ1) is 4.99. The molecule has 0 rings (SSSR count).